The Morgan fingerprint density at radius 2 is 1.70 bits per heavy atom. The second kappa shape index (κ2) is 5.84. The van der Waals surface area contributed by atoms with Crippen LogP contribution in [-0.2, 0) is 25.7 Å². The van der Waals surface area contributed by atoms with E-state index in [1.807, 2.05) is 4.68 Å². The maximum atomic E-state index is 11.6. The number of hydrogen-bond acceptors (Lipinski definition) is 2. The lowest BCUT2D eigenvalue weighted by Crippen LogP contribution is -2.11. The van der Waals surface area contributed by atoms with Crippen LogP contribution in [0.4, 0.5) is 0 Å². The third kappa shape index (κ3) is 2.46. The van der Waals surface area contributed by atoms with E-state index in [-0.39, 0.29) is 5.69 Å². The molecular formula is C19H22N2O2. The van der Waals surface area contributed by atoms with Crippen molar-refractivity contribution in [1.82, 2.24) is 9.78 Å². The number of carbonyl (C=O) groups is 1. The summed E-state index contributed by atoms with van der Waals surface area (Å²) in [5, 5.41) is 14.1. The predicted molar refractivity (Wildman–Crippen MR) is 88.4 cm³/mol. The number of aromatic nitrogens is 2. The maximum Gasteiger partial charge on any atom is 0.356 e. The smallest absolute Gasteiger partial charge is 0.356 e. The van der Waals surface area contributed by atoms with Gasteiger partial charge in [-0.25, -0.2) is 9.48 Å². The van der Waals surface area contributed by atoms with Gasteiger partial charge in [0.05, 0.1) is 5.69 Å². The lowest BCUT2D eigenvalue weighted by atomic mass is 9.90. The molecule has 120 valence electrons. The molecule has 0 saturated heterocycles. The Morgan fingerprint density at radius 3 is 2.57 bits per heavy atom. The molecule has 0 unspecified atom stereocenters. The minimum atomic E-state index is -0.897. The Morgan fingerprint density at radius 1 is 0.957 bits per heavy atom. The van der Waals surface area contributed by atoms with Crippen LogP contribution >= 0.6 is 0 Å². The fourth-order valence-electron chi connectivity index (χ4n) is 4.11. The van der Waals surface area contributed by atoms with E-state index >= 15 is 0 Å². The number of benzene rings is 1. The van der Waals surface area contributed by atoms with Crippen LogP contribution in [0.15, 0.2) is 18.2 Å². The van der Waals surface area contributed by atoms with E-state index in [9.17, 15) is 9.90 Å². The Balaban J connectivity index is 1.91. The number of nitrogens with zero attached hydrogens (tertiary/aromatic N) is 2. The zero-order valence-corrected chi connectivity index (χ0v) is 13.3. The molecule has 1 N–H and O–H groups in total. The van der Waals surface area contributed by atoms with Crippen LogP contribution in [0.25, 0.3) is 5.69 Å². The molecule has 0 saturated carbocycles. The van der Waals surface area contributed by atoms with Crippen molar-refractivity contribution in [2.75, 3.05) is 0 Å². The van der Waals surface area contributed by atoms with E-state index in [0.717, 1.165) is 55.5 Å². The molecule has 4 heteroatoms. The third-order valence-corrected chi connectivity index (χ3v) is 5.23. The molecule has 0 spiro atoms. The molecule has 1 aromatic carbocycles. The standard InChI is InChI=1S/C19H22N2O2/c22-19(23)18-15-10-2-1-3-11-17(15)21(20-18)16-12-6-8-13-7-4-5-9-14(13)16/h6,8,12H,1-5,7,9-11H2,(H,22,23). The van der Waals surface area contributed by atoms with Crippen molar-refractivity contribution in [3.8, 4) is 5.69 Å². The summed E-state index contributed by atoms with van der Waals surface area (Å²) in [5.74, 6) is -0.897. The summed E-state index contributed by atoms with van der Waals surface area (Å²) in [4.78, 5) is 11.6. The van der Waals surface area contributed by atoms with Gasteiger partial charge in [0.25, 0.3) is 0 Å². The molecule has 0 radical (unpaired) electrons. The summed E-state index contributed by atoms with van der Waals surface area (Å²) in [7, 11) is 0. The average molecular weight is 310 g/mol. The van der Waals surface area contributed by atoms with Crippen LogP contribution in [0, 0.1) is 0 Å². The van der Waals surface area contributed by atoms with Gasteiger partial charge >= 0.3 is 5.97 Å². The molecule has 2 aromatic rings. The van der Waals surface area contributed by atoms with Gasteiger partial charge in [0.15, 0.2) is 5.69 Å². The van der Waals surface area contributed by atoms with E-state index in [1.54, 1.807) is 0 Å². The zero-order chi connectivity index (χ0) is 15.8. The average Bonchev–Trinajstić information content (AvgIpc) is 2.76. The highest BCUT2D eigenvalue weighted by Crippen LogP contribution is 2.31. The van der Waals surface area contributed by atoms with Crippen LogP contribution in [0.5, 0.6) is 0 Å². The summed E-state index contributed by atoms with van der Waals surface area (Å²) < 4.78 is 1.95. The van der Waals surface area contributed by atoms with Gasteiger partial charge < -0.3 is 5.11 Å². The molecule has 4 rings (SSSR count). The topological polar surface area (TPSA) is 55.1 Å². The first-order valence-corrected chi connectivity index (χ1v) is 8.71. The molecule has 0 fully saturated rings. The van der Waals surface area contributed by atoms with Gasteiger partial charge in [-0.3, -0.25) is 0 Å². The first-order valence-electron chi connectivity index (χ1n) is 8.71. The van der Waals surface area contributed by atoms with E-state index < -0.39 is 5.97 Å². The molecule has 4 nitrogen and oxygen atoms in total. The number of aryl methyl sites for hydroxylation is 1. The highest BCUT2D eigenvalue weighted by molar-refractivity contribution is 5.87. The molecule has 0 bridgehead atoms. The molecule has 0 amide bonds. The quantitative estimate of drug-likeness (QED) is 0.860. The van der Waals surface area contributed by atoms with Crippen LogP contribution < -0.4 is 0 Å². The van der Waals surface area contributed by atoms with Gasteiger partial charge in [-0.05, 0) is 68.6 Å². The van der Waals surface area contributed by atoms with Gasteiger partial charge in [-0.15, -0.1) is 0 Å². The van der Waals surface area contributed by atoms with Crippen LogP contribution in [0.2, 0.25) is 0 Å². The van der Waals surface area contributed by atoms with Crippen LogP contribution in [-0.4, -0.2) is 20.9 Å². The van der Waals surface area contributed by atoms with E-state index in [1.165, 1.54) is 30.4 Å². The fraction of sp³-hybridized carbons (Fsp3) is 0.474. The van der Waals surface area contributed by atoms with Gasteiger partial charge in [0.1, 0.15) is 0 Å². The molecule has 1 heterocycles. The van der Waals surface area contributed by atoms with Crippen LogP contribution in [0.3, 0.4) is 0 Å². The first kappa shape index (κ1) is 14.5. The van der Waals surface area contributed by atoms with Crippen molar-refractivity contribution in [3.63, 3.8) is 0 Å². The molecular weight excluding hydrogens is 288 g/mol. The van der Waals surface area contributed by atoms with Gasteiger partial charge in [0.2, 0.25) is 0 Å². The summed E-state index contributed by atoms with van der Waals surface area (Å²) in [6.07, 6.45) is 9.76. The molecule has 23 heavy (non-hydrogen) atoms. The first-order chi connectivity index (χ1) is 11.3. The number of carboxylic acids is 1. The van der Waals surface area contributed by atoms with E-state index in [2.05, 4.69) is 23.3 Å². The van der Waals surface area contributed by atoms with Crippen molar-refractivity contribution < 1.29 is 9.90 Å². The fourth-order valence-corrected chi connectivity index (χ4v) is 4.11. The normalized spacial score (nSPS) is 17.2. The summed E-state index contributed by atoms with van der Waals surface area (Å²) >= 11 is 0. The van der Waals surface area contributed by atoms with Gasteiger partial charge in [0, 0.05) is 11.3 Å². The van der Waals surface area contributed by atoms with E-state index in [4.69, 9.17) is 0 Å². The van der Waals surface area contributed by atoms with Crippen molar-refractivity contribution in [1.29, 1.82) is 0 Å². The minimum Gasteiger partial charge on any atom is -0.476 e. The second-order valence-electron chi connectivity index (χ2n) is 6.67. The van der Waals surface area contributed by atoms with E-state index in [0.29, 0.717) is 0 Å². The van der Waals surface area contributed by atoms with Crippen molar-refractivity contribution in [2.45, 2.75) is 57.8 Å². The number of aromatic carboxylic acids is 1. The molecule has 1 aromatic heterocycles. The Hall–Kier alpha value is -2.10. The SMILES string of the molecule is O=C(O)c1nn(-c2cccc3c2CCCC3)c2c1CCCCC2. The summed E-state index contributed by atoms with van der Waals surface area (Å²) in [5.41, 5.74) is 6.22. The lowest BCUT2D eigenvalue weighted by Gasteiger charge is -2.20. The summed E-state index contributed by atoms with van der Waals surface area (Å²) in [6.45, 7) is 0. The van der Waals surface area contributed by atoms with Gasteiger partial charge in [-0.2, -0.15) is 5.10 Å². The summed E-state index contributed by atoms with van der Waals surface area (Å²) in [6, 6.07) is 6.40. The van der Waals surface area contributed by atoms with Crippen molar-refractivity contribution in [2.24, 2.45) is 0 Å². The molecule has 0 atom stereocenters. The molecule has 2 aliphatic carbocycles. The Bertz CT molecular complexity index is 761. The third-order valence-electron chi connectivity index (χ3n) is 5.23. The van der Waals surface area contributed by atoms with Crippen molar-refractivity contribution in [3.05, 3.63) is 46.3 Å². The van der Waals surface area contributed by atoms with Crippen LogP contribution in [0.1, 0.15) is 65.0 Å². The largest absolute Gasteiger partial charge is 0.476 e. The minimum absolute atomic E-state index is 0.260. The lowest BCUT2D eigenvalue weighted by molar-refractivity contribution is 0.0688. The molecule has 0 aliphatic heterocycles. The van der Waals surface area contributed by atoms with Gasteiger partial charge in [-0.1, -0.05) is 18.6 Å². The second-order valence-corrected chi connectivity index (χ2v) is 6.67. The zero-order valence-electron chi connectivity index (χ0n) is 13.3. The highest BCUT2D eigenvalue weighted by Gasteiger charge is 2.26. The monoisotopic (exact) mass is 310 g/mol. The highest BCUT2D eigenvalue weighted by atomic mass is 16.4. The Kier molecular flexibility index (Phi) is 3.68. The number of rotatable bonds is 2. The molecule has 2 aliphatic rings. The number of hydrogen-bond donors (Lipinski definition) is 1. The Labute approximate surface area is 136 Å². The van der Waals surface area contributed by atoms with Crippen molar-refractivity contribution >= 4 is 5.97 Å². The predicted octanol–water partition coefficient (Wildman–Crippen LogP) is 3.72. The number of fused-ring (bicyclic) bond motifs is 2. The maximum absolute atomic E-state index is 11.6. The number of carboxylic acid groups (broad SMARTS) is 1.